The van der Waals surface area contributed by atoms with E-state index in [-0.39, 0.29) is 80.5 Å². The molecule has 1 amide bonds. The summed E-state index contributed by atoms with van der Waals surface area (Å²) in [5, 5.41) is 75.2. The van der Waals surface area contributed by atoms with E-state index in [2.05, 4.69) is 155 Å². The zero-order chi connectivity index (χ0) is 99.9. The number of allylic oxidation sites excluding steroid dienone is 2. The highest BCUT2D eigenvalue weighted by atomic mass is 79.9. The first kappa shape index (κ1) is 109. The van der Waals surface area contributed by atoms with E-state index in [1.54, 1.807) is 168 Å². The number of rotatable bonds is 16. The van der Waals surface area contributed by atoms with E-state index in [0.717, 1.165) is 30.0 Å². The van der Waals surface area contributed by atoms with Gasteiger partial charge in [-0.15, -0.1) is 0 Å². The van der Waals surface area contributed by atoms with Crippen LogP contribution in [-0.4, -0.2) is 247 Å². The third kappa shape index (κ3) is 30.6. The SMILES string of the molecule is CC(C)=CC(=O)c1ccc(Br)nc1.CC1(C)OC1C(=O)c1ccc(Br)nc1.CC1(C)ON=C(c2ccc(Br)nc2)C1O.CC1(C)ON=C(c2ccc(C(=O)Cl)nc2)C1=O.CC1(C)ON=C(c2ccc(C(=O)O)nc2)C1=O.CC1(C)ON=C(c2ccc(C(=O)O)nc2)C1O.COC(=O)c1ccc(C2=NOC(C)(C)C2O)cn1.CON(C)C(=O)c1ccc(Br)nc1.O=C(O)c1ccc(Br)nc1. The van der Waals surface area contributed by atoms with Gasteiger partial charge < -0.3 is 64.3 Å². The number of esters is 1. The fourth-order valence-electron chi connectivity index (χ4n) is 10.6. The molecule has 15 rings (SSSR count). The van der Waals surface area contributed by atoms with Crippen LogP contribution in [0.3, 0.4) is 0 Å². The molecule has 0 aliphatic carbocycles. The van der Waals surface area contributed by atoms with E-state index >= 15 is 0 Å². The standard InChI is InChI=1S/C12H14N2O4.C11H9ClN2O3.C11H12N2O4.C11H10N2O4.C10H11BrN2O2.C10H10BrNO2.C10H10BrNO.C8H9BrN2O2.C6H4BrNO2/c1-12(2)10(15)9(14-18-12)7-4-5-8(13-6-7)11(16)17-3;1-11(2)9(15)8(14-17-11)6-3-4-7(10(12)16)13-5-6;2*1-11(2)9(14)8(13-17-11)6-3-4-7(10(15)16)12-5-6;1-10(2)9(14)8(13-15-10)6-3-4-7(11)12-5-6;1-10(2)9(14-10)8(13)6-3-4-7(11)12-5-6;1-7(2)5-9(13)8-3-4-10(11)12-6-8;1-11(13-2)8(12)6-3-4-7(9)10-5-6;7-5-2-1-4(3-8-5)6(9)10/h4-6,10,15H,1-3H3;3-5H,1-2H3;3-5,9,14H,1-2H3,(H,15,16);3-5H,1-2H3,(H,15,16);3-5,9,14H,1-2H3;3-5,9H,1-2H3;3-6H,1-2H3;3-5H,1-2H3;1-3H,(H,9,10). The van der Waals surface area contributed by atoms with Gasteiger partial charge in [0.1, 0.15) is 87.3 Å². The first-order valence-corrected chi connectivity index (χ1v) is 43.6. The lowest BCUT2D eigenvalue weighted by atomic mass is 9.95. The zero-order valence-corrected chi connectivity index (χ0v) is 83.2. The average molecular weight is 2190 g/mol. The number of nitrogens with zero attached hydrogens (tertiary/aromatic N) is 15. The molecular weight excluding hydrogens is 2100 g/mol. The van der Waals surface area contributed by atoms with Crippen molar-refractivity contribution in [3.63, 3.8) is 0 Å². The van der Waals surface area contributed by atoms with Crippen LogP contribution in [0.1, 0.15) is 208 Å². The summed E-state index contributed by atoms with van der Waals surface area (Å²) in [5.74, 6) is -4.36. The number of ether oxygens (including phenoxy) is 2. The highest BCUT2D eigenvalue weighted by Gasteiger charge is 2.53. The van der Waals surface area contributed by atoms with Gasteiger partial charge in [-0.3, -0.25) is 38.6 Å². The molecule has 9 aromatic heterocycles. The lowest BCUT2D eigenvalue weighted by molar-refractivity contribution is -0.128. The number of amides is 1. The fourth-order valence-corrected chi connectivity index (χ4v) is 11.9. The van der Waals surface area contributed by atoms with E-state index in [1.165, 1.54) is 87.8 Å². The normalized spacial score (nSPS) is 17.7. The van der Waals surface area contributed by atoms with E-state index < -0.39 is 75.4 Å². The summed E-state index contributed by atoms with van der Waals surface area (Å²) in [6, 6.07) is 29.0. The van der Waals surface area contributed by atoms with Crippen LogP contribution in [0.25, 0.3) is 0 Å². The summed E-state index contributed by atoms with van der Waals surface area (Å²) in [7, 11) is 4.27. The lowest BCUT2D eigenvalue weighted by Gasteiger charge is -2.19. The number of aliphatic hydroxyl groups excluding tert-OH is 3. The molecule has 1 saturated heterocycles. The number of carboxylic acids is 3. The van der Waals surface area contributed by atoms with Crippen molar-refractivity contribution in [3.8, 4) is 0 Å². The highest BCUT2D eigenvalue weighted by Crippen LogP contribution is 2.38. The molecule has 39 nitrogen and oxygen atoms in total. The van der Waals surface area contributed by atoms with E-state index in [4.69, 9.17) is 60.7 Å². The van der Waals surface area contributed by atoms with Gasteiger partial charge in [0.15, 0.2) is 51.0 Å². The maximum Gasteiger partial charge on any atom is 0.356 e. The van der Waals surface area contributed by atoms with Crippen molar-refractivity contribution in [2.24, 2.45) is 25.8 Å². The Kier molecular flexibility index (Phi) is 38.5. The van der Waals surface area contributed by atoms with Crippen molar-refractivity contribution in [1.29, 1.82) is 0 Å². The zero-order valence-electron chi connectivity index (χ0n) is 74.5. The Bertz CT molecular complexity index is 5860. The molecule has 0 spiro atoms. The van der Waals surface area contributed by atoms with Crippen LogP contribution in [0.15, 0.2) is 225 Å². The predicted octanol–water partition coefficient (Wildman–Crippen LogP) is 13.7. The summed E-state index contributed by atoms with van der Waals surface area (Å²) < 4.78 is 13.4. The van der Waals surface area contributed by atoms with Crippen molar-refractivity contribution in [2.45, 2.75) is 155 Å². The number of Topliss-reactive ketones (excluding diaryl/α,β-unsaturated/α-hetero) is 3. The van der Waals surface area contributed by atoms with Gasteiger partial charge in [-0.2, -0.15) is 0 Å². The number of hydrogen-bond donors (Lipinski definition) is 6. The molecule has 6 N–H and O–H groups in total. The molecule has 0 aromatic carbocycles. The molecule has 4 atom stereocenters. The number of pyridine rings is 9. The van der Waals surface area contributed by atoms with Gasteiger partial charge in [-0.1, -0.05) is 31.4 Å². The Morgan fingerprint density at radius 2 is 0.709 bits per heavy atom. The minimum Gasteiger partial charge on any atom is -0.478 e. The number of aromatic carboxylic acids is 3. The van der Waals surface area contributed by atoms with Crippen LogP contribution < -0.4 is 0 Å². The van der Waals surface area contributed by atoms with Crippen LogP contribution in [0.2, 0.25) is 0 Å². The maximum atomic E-state index is 11.9. The molecule has 0 radical (unpaired) electrons. The molecule has 45 heteroatoms. The first-order valence-electron chi connectivity index (χ1n) is 39.3. The van der Waals surface area contributed by atoms with Crippen molar-refractivity contribution >= 4 is 178 Å². The minimum absolute atomic E-state index is 0.000000000000000444. The monoisotopic (exact) mass is 2180 g/mol. The summed E-state index contributed by atoms with van der Waals surface area (Å²) in [4.78, 5) is 177. The Morgan fingerprint density at radius 1 is 0.396 bits per heavy atom. The van der Waals surface area contributed by atoms with Gasteiger partial charge in [0.05, 0.1) is 30.9 Å². The van der Waals surface area contributed by atoms with Gasteiger partial charge >= 0.3 is 23.9 Å². The second-order valence-corrected chi connectivity index (χ2v) is 36.2. The summed E-state index contributed by atoms with van der Waals surface area (Å²) in [6.07, 6.45) is 11.9. The van der Waals surface area contributed by atoms with Crippen LogP contribution >= 0.6 is 91.3 Å². The molecule has 706 valence electrons. The molecule has 6 aliphatic rings. The predicted molar refractivity (Wildman–Crippen MR) is 502 cm³/mol. The number of carboxylic acid groups (broad SMARTS) is 3. The van der Waals surface area contributed by atoms with Crippen LogP contribution in [0, 0.1) is 0 Å². The number of hydrogen-bond acceptors (Lipinski definition) is 35. The number of epoxide rings is 1. The summed E-state index contributed by atoms with van der Waals surface area (Å²) in [6.45, 7) is 24.6. The number of halogens is 6. The number of hydroxylamine groups is 2. The fraction of sp³-hybridized carbons (Fsp3) is 0.303. The Balaban J connectivity index is 0.000000207. The molecule has 1 fully saturated rings. The average Bonchev–Trinajstić information content (AvgIpc) is 1.61. The summed E-state index contributed by atoms with van der Waals surface area (Å²) >= 11 is 21.2. The minimum atomic E-state index is -1.12. The molecule has 4 unspecified atom stereocenters. The van der Waals surface area contributed by atoms with E-state index in [9.17, 15) is 63.3 Å². The maximum absolute atomic E-state index is 11.9. The molecule has 9 aromatic rings. The molecular formula is C89H89Br5ClN15O24. The third-order valence-electron chi connectivity index (χ3n) is 18.6. The van der Waals surface area contributed by atoms with Gasteiger partial charge in [0.25, 0.3) is 11.1 Å². The smallest absolute Gasteiger partial charge is 0.356 e. The van der Waals surface area contributed by atoms with Gasteiger partial charge in [-0.25, -0.2) is 64.1 Å². The highest BCUT2D eigenvalue weighted by molar-refractivity contribution is 9.11. The number of oxime groups is 5. The Hall–Kier alpha value is -12.4. The third-order valence-corrected chi connectivity index (χ3v) is 21.1. The number of carbonyl (C=O) groups excluding carboxylic acids is 7. The molecule has 0 bridgehead atoms. The number of ketones is 4. The Morgan fingerprint density at radius 3 is 0.970 bits per heavy atom. The Labute approximate surface area is 813 Å². The van der Waals surface area contributed by atoms with E-state index in [1.807, 2.05) is 33.8 Å². The number of carbonyl (C=O) groups is 10. The largest absolute Gasteiger partial charge is 0.478 e. The number of methoxy groups -OCH3 is 1. The molecule has 0 saturated carbocycles. The summed E-state index contributed by atoms with van der Waals surface area (Å²) in [5.41, 5.74) is 3.23. The van der Waals surface area contributed by atoms with Crippen LogP contribution in [0.4, 0.5) is 0 Å². The van der Waals surface area contributed by atoms with Gasteiger partial charge in [-0.05, 0) is 303 Å². The van der Waals surface area contributed by atoms with Crippen molar-refractivity contribution < 1.29 is 117 Å². The molecule has 6 aliphatic heterocycles. The van der Waals surface area contributed by atoms with Crippen molar-refractivity contribution in [2.75, 3.05) is 21.3 Å². The second-order valence-electron chi connectivity index (χ2n) is 31.8. The topological polar surface area (TPSA) is 550 Å². The molecule has 15 heterocycles. The lowest BCUT2D eigenvalue weighted by Crippen LogP contribution is -2.38. The van der Waals surface area contributed by atoms with Crippen LogP contribution in [0.5, 0.6) is 0 Å². The van der Waals surface area contributed by atoms with Gasteiger partial charge in [0.2, 0.25) is 11.6 Å². The van der Waals surface area contributed by atoms with Crippen molar-refractivity contribution in [3.05, 3.63) is 272 Å². The first-order chi connectivity index (χ1) is 62.6. The van der Waals surface area contributed by atoms with Crippen molar-refractivity contribution in [1.82, 2.24) is 49.9 Å². The number of aromatic nitrogens is 9. The number of aliphatic hydroxyl groups is 3. The van der Waals surface area contributed by atoms with Crippen LogP contribution in [-0.2, 0) is 48.1 Å². The molecule has 134 heavy (non-hydrogen) atoms. The van der Waals surface area contributed by atoms with Gasteiger partial charge in [0, 0.05) is 102 Å². The second kappa shape index (κ2) is 47.5. The van der Waals surface area contributed by atoms with E-state index in [0.29, 0.717) is 65.3 Å². The quantitative estimate of drug-likeness (QED) is 0.00995.